The summed E-state index contributed by atoms with van der Waals surface area (Å²) in [6, 6.07) is 0. The van der Waals surface area contributed by atoms with E-state index in [4.69, 9.17) is 0 Å². The summed E-state index contributed by atoms with van der Waals surface area (Å²) in [6.07, 6.45) is 4.83. The molecule has 0 aliphatic carbocycles. The van der Waals surface area contributed by atoms with Gasteiger partial charge in [-0.05, 0) is 12.8 Å². The van der Waals surface area contributed by atoms with E-state index in [0.717, 1.165) is 42.6 Å². The number of hydrogen-bond acceptors (Lipinski definition) is 4. The molecule has 18 heavy (non-hydrogen) atoms. The number of amidine groups is 1. The molecule has 0 amide bonds. The summed E-state index contributed by atoms with van der Waals surface area (Å²) in [5.74, 6) is 1.99. The van der Waals surface area contributed by atoms with Gasteiger partial charge in [-0.15, -0.1) is 0 Å². The zero-order chi connectivity index (χ0) is 13.0. The summed E-state index contributed by atoms with van der Waals surface area (Å²) in [5.41, 5.74) is 0.257. The van der Waals surface area contributed by atoms with Crippen molar-refractivity contribution in [2.45, 2.75) is 38.6 Å². The van der Waals surface area contributed by atoms with Crippen LogP contribution in [-0.2, 0) is 13.5 Å². The molecule has 0 aromatic carbocycles. The lowest BCUT2D eigenvalue weighted by atomic mass is 9.96. The monoisotopic (exact) mass is 267 g/mol. The fourth-order valence-corrected chi connectivity index (χ4v) is 3.34. The minimum absolute atomic E-state index is 0.257. The molecule has 1 aromatic heterocycles. The summed E-state index contributed by atoms with van der Waals surface area (Å²) in [6.45, 7) is 5.22. The van der Waals surface area contributed by atoms with Crippen molar-refractivity contribution < 1.29 is 0 Å². The van der Waals surface area contributed by atoms with E-state index in [1.54, 1.807) is 11.0 Å². The molecule has 100 valence electrons. The van der Waals surface area contributed by atoms with E-state index in [-0.39, 0.29) is 5.54 Å². The number of hydrogen-bond donors (Lipinski definition) is 1. The Hall–Kier alpha value is -1.04. The van der Waals surface area contributed by atoms with Gasteiger partial charge in [-0.2, -0.15) is 5.10 Å². The van der Waals surface area contributed by atoms with Crippen LogP contribution in [0, 0.1) is 0 Å². The molecule has 0 saturated carbocycles. The zero-order valence-corrected chi connectivity index (χ0v) is 12.1. The highest BCUT2D eigenvalue weighted by molar-refractivity contribution is 8.14. The lowest BCUT2D eigenvalue weighted by Crippen LogP contribution is -2.42. The van der Waals surface area contributed by atoms with Crippen molar-refractivity contribution in [1.29, 1.82) is 0 Å². The Balaban J connectivity index is 1.84. The molecular weight excluding hydrogens is 246 g/mol. The van der Waals surface area contributed by atoms with E-state index in [2.05, 4.69) is 34.2 Å². The fraction of sp³-hybridized carbons (Fsp3) is 0.750. The Bertz CT molecular complexity index is 422. The number of aryl methyl sites for hydroxylation is 1. The van der Waals surface area contributed by atoms with Gasteiger partial charge >= 0.3 is 0 Å². The molecule has 1 aliphatic rings. The quantitative estimate of drug-likeness (QED) is 0.880. The third kappa shape index (κ3) is 3.04. The van der Waals surface area contributed by atoms with Gasteiger partial charge in [-0.25, -0.2) is 4.98 Å². The van der Waals surface area contributed by atoms with Gasteiger partial charge in [0.25, 0.3) is 0 Å². The van der Waals surface area contributed by atoms with E-state index in [1.165, 1.54) is 0 Å². The van der Waals surface area contributed by atoms with Crippen molar-refractivity contribution in [3.8, 4) is 0 Å². The Morgan fingerprint density at radius 1 is 1.50 bits per heavy atom. The standard InChI is InChI=1S/C12H21N5S/c1-4-12(5-2)8-18-11(15-12)13-7-6-10-14-9-17(3)16-10/h9H,4-8H2,1-3H3,(H,13,15). The normalized spacial score (nSPS) is 20.3. The number of rotatable bonds is 5. The number of nitrogens with one attached hydrogen (secondary N) is 1. The van der Waals surface area contributed by atoms with E-state index in [0.29, 0.717) is 0 Å². The Labute approximate surface area is 112 Å². The smallest absolute Gasteiger partial charge is 0.157 e. The maximum Gasteiger partial charge on any atom is 0.157 e. The molecule has 0 spiro atoms. The summed E-state index contributed by atoms with van der Waals surface area (Å²) >= 11 is 1.83. The summed E-state index contributed by atoms with van der Waals surface area (Å²) in [4.78, 5) is 8.79. The van der Waals surface area contributed by atoms with Gasteiger partial charge in [-0.3, -0.25) is 9.67 Å². The highest BCUT2D eigenvalue weighted by Crippen LogP contribution is 2.28. The second kappa shape index (κ2) is 5.73. The average molecular weight is 267 g/mol. The van der Waals surface area contributed by atoms with E-state index in [1.807, 2.05) is 18.8 Å². The van der Waals surface area contributed by atoms with Crippen LogP contribution in [0.15, 0.2) is 11.3 Å². The first-order chi connectivity index (χ1) is 8.67. The molecule has 0 radical (unpaired) electrons. The first kappa shape index (κ1) is 13.4. The molecular formula is C12H21N5S. The summed E-state index contributed by atoms with van der Waals surface area (Å²) < 4.78 is 1.73. The van der Waals surface area contributed by atoms with Crippen LogP contribution >= 0.6 is 11.8 Å². The van der Waals surface area contributed by atoms with Gasteiger partial charge in [0.05, 0.1) is 0 Å². The molecule has 5 nitrogen and oxygen atoms in total. The van der Waals surface area contributed by atoms with Crippen molar-refractivity contribution in [2.24, 2.45) is 12.0 Å². The minimum atomic E-state index is 0.257. The van der Waals surface area contributed by atoms with Crippen LogP contribution in [0.2, 0.25) is 0 Å². The van der Waals surface area contributed by atoms with Crippen LogP contribution in [0.5, 0.6) is 0 Å². The summed E-state index contributed by atoms with van der Waals surface area (Å²) in [5, 5.41) is 8.89. The number of aromatic nitrogens is 3. The fourth-order valence-electron chi connectivity index (χ4n) is 1.98. The van der Waals surface area contributed by atoms with E-state index >= 15 is 0 Å². The molecule has 6 heteroatoms. The molecule has 1 aromatic rings. The van der Waals surface area contributed by atoms with Gasteiger partial charge in [0.2, 0.25) is 0 Å². The van der Waals surface area contributed by atoms with Crippen molar-refractivity contribution >= 4 is 16.9 Å². The predicted octanol–water partition coefficient (Wildman–Crippen LogP) is 1.61. The third-order valence-corrected chi connectivity index (χ3v) is 4.65. The SMILES string of the molecule is CCC1(CC)CSC(=NCCc2ncn(C)n2)N1. The molecule has 0 bridgehead atoms. The first-order valence-corrected chi connectivity index (χ1v) is 7.46. The lowest BCUT2D eigenvalue weighted by molar-refractivity contribution is 0.407. The van der Waals surface area contributed by atoms with Gasteiger partial charge in [0, 0.05) is 31.3 Å². The molecule has 1 saturated heterocycles. The second-order valence-electron chi connectivity index (χ2n) is 4.67. The number of thioether (sulfide) groups is 1. The van der Waals surface area contributed by atoms with Crippen molar-refractivity contribution in [2.75, 3.05) is 12.3 Å². The third-order valence-electron chi connectivity index (χ3n) is 3.45. The Morgan fingerprint density at radius 3 is 2.83 bits per heavy atom. The zero-order valence-electron chi connectivity index (χ0n) is 11.3. The highest BCUT2D eigenvalue weighted by Gasteiger charge is 2.33. The van der Waals surface area contributed by atoms with Crippen LogP contribution in [0.4, 0.5) is 0 Å². The van der Waals surface area contributed by atoms with Gasteiger partial charge in [0.15, 0.2) is 11.0 Å². The highest BCUT2D eigenvalue weighted by atomic mass is 32.2. The van der Waals surface area contributed by atoms with Gasteiger partial charge in [0.1, 0.15) is 6.33 Å². The van der Waals surface area contributed by atoms with Crippen LogP contribution in [0.1, 0.15) is 32.5 Å². The average Bonchev–Trinajstić information content (AvgIpc) is 2.97. The van der Waals surface area contributed by atoms with Gasteiger partial charge < -0.3 is 5.32 Å². The van der Waals surface area contributed by atoms with E-state index in [9.17, 15) is 0 Å². The molecule has 1 aliphatic heterocycles. The molecule has 2 rings (SSSR count). The maximum absolute atomic E-state index is 4.60. The van der Waals surface area contributed by atoms with Gasteiger partial charge in [-0.1, -0.05) is 25.6 Å². The largest absolute Gasteiger partial charge is 0.359 e. The number of aliphatic imine (C=N–C) groups is 1. The Morgan fingerprint density at radius 2 is 2.28 bits per heavy atom. The molecule has 0 unspecified atom stereocenters. The van der Waals surface area contributed by atoms with Crippen LogP contribution < -0.4 is 5.32 Å². The maximum atomic E-state index is 4.60. The topological polar surface area (TPSA) is 55.1 Å². The van der Waals surface area contributed by atoms with Crippen molar-refractivity contribution in [3.63, 3.8) is 0 Å². The molecule has 0 atom stereocenters. The first-order valence-electron chi connectivity index (χ1n) is 6.47. The van der Waals surface area contributed by atoms with Crippen LogP contribution in [0.25, 0.3) is 0 Å². The molecule has 2 heterocycles. The van der Waals surface area contributed by atoms with Crippen molar-refractivity contribution in [3.05, 3.63) is 12.2 Å². The second-order valence-corrected chi connectivity index (χ2v) is 5.64. The minimum Gasteiger partial charge on any atom is -0.359 e. The summed E-state index contributed by atoms with van der Waals surface area (Å²) in [7, 11) is 1.88. The lowest BCUT2D eigenvalue weighted by Gasteiger charge is -2.25. The van der Waals surface area contributed by atoms with Crippen LogP contribution in [0.3, 0.4) is 0 Å². The molecule has 1 N–H and O–H groups in total. The Kier molecular flexibility index (Phi) is 4.27. The van der Waals surface area contributed by atoms with Crippen LogP contribution in [-0.4, -0.2) is 37.8 Å². The van der Waals surface area contributed by atoms with E-state index < -0.39 is 0 Å². The molecule has 1 fully saturated rings. The number of nitrogens with zero attached hydrogens (tertiary/aromatic N) is 4. The predicted molar refractivity (Wildman–Crippen MR) is 75.9 cm³/mol. The van der Waals surface area contributed by atoms with Crippen molar-refractivity contribution in [1.82, 2.24) is 20.1 Å².